The highest BCUT2D eigenvalue weighted by atomic mass is 19.3. The van der Waals surface area contributed by atoms with Gasteiger partial charge in [0.05, 0.1) is 12.8 Å². The lowest BCUT2D eigenvalue weighted by Crippen LogP contribution is -2.28. The van der Waals surface area contributed by atoms with E-state index in [1.807, 2.05) is 51.1 Å². The van der Waals surface area contributed by atoms with Crippen LogP contribution in [0.4, 0.5) is 25.1 Å². The summed E-state index contributed by atoms with van der Waals surface area (Å²) in [7, 11) is 1.31. The van der Waals surface area contributed by atoms with Crippen LogP contribution in [-0.2, 0) is 10.2 Å². The van der Waals surface area contributed by atoms with Gasteiger partial charge >= 0.3 is 12.4 Å². The molecule has 2 heterocycles. The lowest BCUT2D eigenvalue weighted by molar-refractivity contribution is -0.286. The van der Waals surface area contributed by atoms with Gasteiger partial charge in [0.15, 0.2) is 11.5 Å². The van der Waals surface area contributed by atoms with Gasteiger partial charge in [0.1, 0.15) is 5.82 Å². The Bertz CT molecular complexity index is 1230. The van der Waals surface area contributed by atoms with E-state index in [1.54, 1.807) is 18.2 Å². The second-order valence-corrected chi connectivity index (χ2v) is 8.63. The first kappa shape index (κ1) is 23.3. The number of pyridine rings is 1. The summed E-state index contributed by atoms with van der Waals surface area (Å²) in [4.78, 5) is 16.3. The number of aromatic nitrogens is 1. The minimum Gasteiger partial charge on any atom is -0.453 e. The van der Waals surface area contributed by atoms with E-state index >= 15 is 0 Å². The molecule has 0 bridgehead atoms. The van der Waals surface area contributed by atoms with Crippen molar-refractivity contribution in [1.82, 2.24) is 4.98 Å². The van der Waals surface area contributed by atoms with Crippen molar-refractivity contribution in [2.24, 2.45) is 0 Å². The number of amides is 1. The topological polar surface area (TPSA) is 81.7 Å². The number of alkyl halides is 2. The average molecular weight is 469 g/mol. The van der Waals surface area contributed by atoms with E-state index in [2.05, 4.69) is 24.8 Å². The van der Waals surface area contributed by atoms with Crippen LogP contribution in [0.25, 0.3) is 11.3 Å². The highest BCUT2D eigenvalue weighted by Gasteiger charge is 2.43. The van der Waals surface area contributed by atoms with Crippen molar-refractivity contribution < 1.29 is 27.8 Å². The maximum Gasteiger partial charge on any atom is 0.586 e. The Labute approximate surface area is 196 Å². The number of rotatable bonds is 6. The van der Waals surface area contributed by atoms with Crippen molar-refractivity contribution >= 4 is 17.6 Å². The van der Waals surface area contributed by atoms with Crippen LogP contribution in [0.1, 0.15) is 25.0 Å². The summed E-state index contributed by atoms with van der Waals surface area (Å²) in [5.41, 5.74) is 3.56. The summed E-state index contributed by atoms with van der Waals surface area (Å²) in [6, 6.07) is 16.0. The molecule has 9 heteroatoms. The monoisotopic (exact) mass is 469 g/mol. The number of methoxy groups -OCH3 is 1. The molecule has 0 fully saturated rings. The molecular weight excluding hydrogens is 444 g/mol. The van der Waals surface area contributed by atoms with Crippen LogP contribution in [0.15, 0.2) is 54.6 Å². The minimum absolute atomic E-state index is 0.0197. The normalized spacial score (nSPS) is 13.9. The summed E-state index contributed by atoms with van der Waals surface area (Å²) in [5, 5.41) is 5.99. The molecule has 7 nitrogen and oxygen atoms in total. The lowest BCUT2D eigenvalue weighted by Gasteiger charge is -2.26. The molecule has 0 saturated carbocycles. The number of hydrogen-bond donors (Lipinski definition) is 2. The Hall–Kier alpha value is -3.88. The fourth-order valence-electron chi connectivity index (χ4n) is 3.62. The smallest absolute Gasteiger partial charge is 0.453 e. The van der Waals surface area contributed by atoms with E-state index in [4.69, 9.17) is 4.98 Å². The molecule has 0 radical (unpaired) electrons. The third kappa shape index (κ3) is 5.03. The zero-order valence-electron chi connectivity index (χ0n) is 19.2. The zero-order chi connectivity index (χ0) is 24.5. The van der Waals surface area contributed by atoms with Crippen LogP contribution >= 0.6 is 0 Å². The van der Waals surface area contributed by atoms with Crippen LogP contribution in [0.2, 0.25) is 0 Å². The van der Waals surface area contributed by atoms with Gasteiger partial charge in [0.2, 0.25) is 0 Å². The van der Waals surface area contributed by atoms with Gasteiger partial charge in [0.25, 0.3) is 0 Å². The third-order valence-electron chi connectivity index (χ3n) is 5.56. The first-order valence-corrected chi connectivity index (χ1v) is 10.6. The van der Waals surface area contributed by atoms with E-state index in [9.17, 15) is 13.6 Å². The molecule has 34 heavy (non-hydrogen) atoms. The largest absolute Gasteiger partial charge is 0.586 e. The van der Waals surface area contributed by atoms with Crippen LogP contribution in [0.5, 0.6) is 11.5 Å². The van der Waals surface area contributed by atoms with Gasteiger partial charge in [-0.25, -0.2) is 9.78 Å². The van der Waals surface area contributed by atoms with Crippen molar-refractivity contribution in [1.29, 1.82) is 0 Å². The molecule has 0 atom stereocenters. The highest BCUT2D eigenvalue weighted by molar-refractivity contribution is 5.85. The van der Waals surface area contributed by atoms with E-state index in [0.29, 0.717) is 18.1 Å². The number of aryl methyl sites for hydroxylation is 1. The third-order valence-corrected chi connectivity index (χ3v) is 5.56. The van der Waals surface area contributed by atoms with Crippen molar-refractivity contribution in [2.45, 2.75) is 32.5 Å². The van der Waals surface area contributed by atoms with Crippen molar-refractivity contribution in [3.63, 3.8) is 0 Å². The van der Waals surface area contributed by atoms with E-state index in [0.717, 1.165) is 22.4 Å². The quantitative estimate of drug-likeness (QED) is 0.465. The minimum atomic E-state index is -3.64. The Kier molecular flexibility index (Phi) is 6.03. The molecule has 3 aromatic rings. The zero-order valence-corrected chi connectivity index (χ0v) is 19.2. The number of nitrogens with zero attached hydrogens (tertiary/aromatic N) is 1. The van der Waals surface area contributed by atoms with Gasteiger partial charge in [0, 0.05) is 23.2 Å². The van der Waals surface area contributed by atoms with Gasteiger partial charge in [-0.3, -0.25) is 5.32 Å². The Morgan fingerprint density at radius 3 is 2.62 bits per heavy atom. The van der Waals surface area contributed by atoms with E-state index in [-0.39, 0.29) is 11.5 Å². The molecular formula is C25H25F2N3O4. The summed E-state index contributed by atoms with van der Waals surface area (Å²) in [6.07, 6.45) is -4.19. The number of hydrogen-bond acceptors (Lipinski definition) is 6. The molecule has 0 saturated heterocycles. The molecule has 2 N–H and O–H groups in total. The molecule has 1 aromatic heterocycles. The molecule has 0 unspecified atom stereocenters. The number of anilines is 2. The van der Waals surface area contributed by atoms with Crippen molar-refractivity contribution in [3.8, 4) is 22.8 Å². The highest BCUT2D eigenvalue weighted by Crippen LogP contribution is 2.43. The number of nitrogens with one attached hydrogen (secondary N) is 2. The summed E-state index contributed by atoms with van der Waals surface area (Å²) >= 11 is 0. The molecule has 1 aliphatic heterocycles. The Morgan fingerprint density at radius 2 is 1.85 bits per heavy atom. The van der Waals surface area contributed by atoms with Crippen LogP contribution in [-0.4, -0.2) is 31.0 Å². The van der Waals surface area contributed by atoms with E-state index < -0.39 is 17.8 Å². The maximum atomic E-state index is 13.4. The van der Waals surface area contributed by atoms with Gasteiger partial charge in [-0.2, -0.15) is 0 Å². The second-order valence-electron chi connectivity index (χ2n) is 8.63. The number of benzene rings is 2. The molecule has 1 amide bonds. The van der Waals surface area contributed by atoms with Crippen molar-refractivity contribution in [2.75, 3.05) is 24.3 Å². The van der Waals surface area contributed by atoms with Gasteiger partial charge < -0.3 is 19.5 Å². The van der Waals surface area contributed by atoms with Crippen LogP contribution in [0.3, 0.4) is 0 Å². The second kappa shape index (κ2) is 8.81. The average Bonchev–Trinajstić information content (AvgIpc) is 3.11. The molecule has 0 spiro atoms. The standard InChI is InChI=1S/C25H25F2N3O4/c1-15-8-11-21(30-22(15)16-6-5-7-18(12-16)29-23(31)32-4)28-14-24(2,3)17-9-10-19-20(13-17)34-25(26,27)33-19/h5-13H,14H2,1-4H3,(H,28,30)(H,29,31). The lowest BCUT2D eigenvalue weighted by atomic mass is 9.84. The Balaban J connectivity index is 1.51. The van der Waals surface area contributed by atoms with Gasteiger partial charge in [-0.05, 0) is 48.4 Å². The van der Waals surface area contributed by atoms with Crippen LogP contribution < -0.4 is 20.1 Å². The predicted octanol–water partition coefficient (Wildman–Crippen LogP) is 5.95. The Morgan fingerprint density at radius 1 is 1.09 bits per heavy atom. The van der Waals surface area contributed by atoms with E-state index in [1.165, 1.54) is 13.2 Å². The SMILES string of the molecule is COC(=O)Nc1cccc(-c2nc(NCC(C)(C)c3ccc4c(c3)OC(F)(F)O4)ccc2C)c1. The fraction of sp³-hybridized carbons (Fsp3) is 0.280. The summed E-state index contributed by atoms with van der Waals surface area (Å²) in [5.74, 6) is 0.699. The number of carbonyl (C=O) groups excluding carboxylic acids is 1. The molecule has 0 aliphatic carbocycles. The fourth-order valence-corrected chi connectivity index (χ4v) is 3.62. The number of carbonyl (C=O) groups is 1. The van der Waals surface area contributed by atoms with Gasteiger partial charge in [-0.15, -0.1) is 8.78 Å². The first-order valence-electron chi connectivity index (χ1n) is 10.6. The number of halogens is 2. The van der Waals surface area contributed by atoms with Crippen LogP contribution in [0, 0.1) is 6.92 Å². The maximum absolute atomic E-state index is 13.4. The van der Waals surface area contributed by atoms with Crippen molar-refractivity contribution in [3.05, 3.63) is 65.7 Å². The molecule has 178 valence electrons. The summed E-state index contributed by atoms with van der Waals surface area (Å²) < 4.78 is 40.4. The predicted molar refractivity (Wildman–Crippen MR) is 125 cm³/mol. The summed E-state index contributed by atoms with van der Waals surface area (Å²) in [6.45, 7) is 6.43. The van der Waals surface area contributed by atoms with Gasteiger partial charge in [-0.1, -0.05) is 38.1 Å². The number of ether oxygens (including phenoxy) is 3. The molecule has 4 rings (SSSR count). The number of fused-ring (bicyclic) bond motifs is 1. The first-order chi connectivity index (χ1) is 16.1. The molecule has 2 aromatic carbocycles. The molecule has 1 aliphatic rings.